The van der Waals surface area contributed by atoms with E-state index in [-0.39, 0.29) is 17.9 Å². The first-order valence-corrected chi connectivity index (χ1v) is 7.24. The minimum atomic E-state index is -0.0174. The second-order valence-corrected chi connectivity index (χ2v) is 5.38. The summed E-state index contributed by atoms with van der Waals surface area (Å²) in [6, 6.07) is 16.2. The highest BCUT2D eigenvalue weighted by molar-refractivity contribution is 6.30. The number of nitriles is 1. The first kappa shape index (κ1) is 14.9. The van der Waals surface area contributed by atoms with Crippen LogP contribution in [0, 0.1) is 11.3 Å². The average molecular weight is 323 g/mol. The van der Waals surface area contributed by atoms with E-state index in [2.05, 4.69) is 15.4 Å². The lowest BCUT2D eigenvalue weighted by molar-refractivity contribution is 0.0993. The van der Waals surface area contributed by atoms with Crippen molar-refractivity contribution in [2.45, 2.75) is 6.42 Å². The Hall–Kier alpha value is -2.97. The molecule has 3 aromatic rings. The Morgan fingerprint density at radius 3 is 2.70 bits per heavy atom. The van der Waals surface area contributed by atoms with Gasteiger partial charge >= 0.3 is 0 Å². The van der Waals surface area contributed by atoms with Gasteiger partial charge in [0.05, 0.1) is 0 Å². The molecule has 0 saturated heterocycles. The molecule has 2 aromatic carbocycles. The van der Waals surface area contributed by atoms with Gasteiger partial charge in [0.1, 0.15) is 11.8 Å². The maximum absolute atomic E-state index is 12.4. The van der Waals surface area contributed by atoms with Crippen LogP contribution in [0.1, 0.15) is 21.6 Å². The molecule has 1 heterocycles. The molecule has 5 nitrogen and oxygen atoms in total. The van der Waals surface area contributed by atoms with Crippen LogP contribution in [-0.2, 0) is 6.42 Å². The molecule has 0 fully saturated rings. The molecule has 0 amide bonds. The molecule has 0 bridgehead atoms. The van der Waals surface area contributed by atoms with Crippen molar-refractivity contribution < 1.29 is 4.79 Å². The Morgan fingerprint density at radius 2 is 1.96 bits per heavy atom. The topological polar surface area (TPSA) is 82.4 Å². The van der Waals surface area contributed by atoms with E-state index in [9.17, 15) is 4.79 Å². The Kier molecular flexibility index (Phi) is 4.18. The molecule has 23 heavy (non-hydrogen) atoms. The number of hydrogen-bond acceptors (Lipinski definition) is 4. The molecule has 0 saturated carbocycles. The molecule has 0 atom stereocenters. The summed E-state index contributed by atoms with van der Waals surface area (Å²) in [5.74, 6) is -0.0174. The standard InChI is InChI=1S/C17H11ClN4O/c18-14-6-4-11(5-7-14)8-16(23)12-2-1-3-13(9-12)17-15(10-19)20-22-21-17/h1-7,9H,8H2,(H,20,21,22). The summed E-state index contributed by atoms with van der Waals surface area (Å²) >= 11 is 5.84. The number of aromatic amines is 1. The SMILES string of the molecule is N#Cc1n[nH]nc1-c1cccc(C(=O)Cc2ccc(Cl)cc2)c1. The number of ketones is 1. The van der Waals surface area contributed by atoms with Gasteiger partial charge in [-0.1, -0.05) is 41.9 Å². The van der Waals surface area contributed by atoms with Crippen molar-refractivity contribution in [3.05, 3.63) is 70.4 Å². The smallest absolute Gasteiger partial charge is 0.190 e. The summed E-state index contributed by atoms with van der Waals surface area (Å²) in [7, 11) is 0. The van der Waals surface area contributed by atoms with Crippen molar-refractivity contribution in [3.63, 3.8) is 0 Å². The van der Waals surface area contributed by atoms with E-state index in [0.29, 0.717) is 21.8 Å². The molecule has 0 aliphatic rings. The van der Waals surface area contributed by atoms with Gasteiger partial charge < -0.3 is 0 Å². The molecular formula is C17H11ClN4O. The highest BCUT2D eigenvalue weighted by Crippen LogP contribution is 2.21. The van der Waals surface area contributed by atoms with Crippen molar-refractivity contribution in [1.82, 2.24) is 15.4 Å². The molecule has 0 unspecified atom stereocenters. The van der Waals surface area contributed by atoms with Gasteiger partial charge in [0.25, 0.3) is 0 Å². The van der Waals surface area contributed by atoms with Crippen LogP contribution in [0.15, 0.2) is 48.5 Å². The number of halogens is 1. The fourth-order valence-electron chi connectivity index (χ4n) is 2.24. The van der Waals surface area contributed by atoms with E-state index in [1.807, 2.05) is 18.2 Å². The number of H-pyrrole nitrogens is 1. The minimum absolute atomic E-state index is 0.0174. The van der Waals surface area contributed by atoms with Crippen molar-refractivity contribution >= 4 is 17.4 Å². The van der Waals surface area contributed by atoms with Crippen LogP contribution >= 0.6 is 11.6 Å². The highest BCUT2D eigenvalue weighted by atomic mass is 35.5. The number of carbonyl (C=O) groups excluding carboxylic acids is 1. The molecule has 0 aliphatic heterocycles. The summed E-state index contributed by atoms with van der Waals surface area (Å²) in [4.78, 5) is 12.4. The lowest BCUT2D eigenvalue weighted by Gasteiger charge is -2.04. The van der Waals surface area contributed by atoms with E-state index in [0.717, 1.165) is 5.56 Å². The Morgan fingerprint density at radius 1 is 1.17 bits per heavy atom. The molecule has 1 aromatic heterocycles. The molecule has 1 N–H and O–H groups in total. The molecule has 3 rings (SSSR count). The van der Waals surface area contributed by atoms with Gasteiger partial charge in [0.2, 0.25) is 0 Å². The number of nitrogens with zero attached hydrogens (tertiary/aromatic N) is 3. The van der Waals surface area contributed by atoms with Crippen molar-refractivity contribution in [1.29, 1.82) is 5.26 Å². The largest absolute Gasteiger partial charge is 0.294 e. The third kappa shape index (κ3) is 3.28. The summed E-state index contributed by atoms with van der Waals surface area (Å²) in [6.07, 6.45) is 0.282. The van der Waals surface area contributed by atoms with Crippen LogP contribution in [-0.4, -0.2) is 21.2 Å². The second kappa shape index (κ2) is 6.42. The first-order chi connectivity index (χ1) is 11.2. The molecule has 112 valence electrons. The second-order valence-electron chi connectivity index (χ2n) is 4.94. The third-order valence-electron chi connectivity index (χ3n) is 3.39. The van der Waals surface area contributed by atoms with Crippen LogP contribution in [0.3, 0.4) is 0 Å². The Balaban J connectivity index is 1.86. The van der Waals surface area contributed by atoms with Gasteiger partial charge in [-0.2, -0.15) is 15.6 Å². The fraction of sp³-hybridized carbons (Fsp3) is 0.0588. The maximum atomic E-state index is 12.4. The van der Waals surface area contributed by atoms with Gasteiger partial charge in [-0.3, -0.25) is 4.79 Å². The number of carbonyl (C=O) groups is 1. The Bertz CT molecular complexity index is 893. The predicted molar refractivity (Wildman–Crippen MR) is 86.0 cm³/mol. The van der Waals surface area contributed by atoms with E-state index in [1.165, 1.54) is 0 Å². The summed E-state index contributed by atoms with van der Waals surface area (Å²) in [5, 5.41) is 19.8. The summed E-state index contributed by atoms with van der Waals surface area (Å²) < 4.78 is 0. The Labute approximate surface area is 137 Å². The molecular weight excluding hydrogens is 312 g/mol. The third-order valence-corrected chi connectivity index (χ3v) is 3.64. The number of aromatic nitrogens is 3. The monoisotopic (exact) mass is 322 g/mol. The normalized spacial score (nSPS) is 10.3. The molecule has 0 spiro atoms. The zero-order valence-electron chi connectivity index (χ0n) is 12.0. The lowest BCUT2D eigenvalue weighted by atomic mass is 10.00. The maximum Gasteiger partial charge on any atom is 0.190 e. The predicted octanol–water partition coefficient (Wildman–Crippen LogP) is 3.42. The van der Waals surface area contributed by atoms with Gasteiger partial charge in [0, 0.05) is 22.6 Å². The zero-order chi connectivity index (χ0) is 16.2. The van der Waals surface area contributed by atoms with Crippen molar-refractivity contribution in [2.75, 3.05) is 0 Å². The van der Waals surface area contributed by atoms with E-state index in [1.54, 1.807) is 36.4 Å². The average Bonchev–Trinajstić information content (AvgIpc) is 3.06. The summed E-state index contributed by atoms with van der Waals surface area (Å²) in [6.45, 7) is 0. The van der Waals surface area contributed by atoms with Crippen LogP contribution in [0.2, 0.25) is 5.02 Å². The molecule has 0 aliphatic carbocycles. The number of nitrogens with one attached hydrogen (secondary N) is 1. The lowest BCUT2D eigenvalue weighted by Crippen LogP contribution is -2.03. The quantitative estimate of drug-likeness (QED) is 0.746. The van der Waals surface area contributed by atoms with Gasteiger partial charge in [-0.15, -0.1) is 5.10 Å². The number of rotatable bonds is 4. The van der Waals surface area contributed by atoms with Crippen LogP contribution in [0.4, 0.5) is 0 Å². The van der Waals surface area contributed by atoms with E-state index in [4.69, 9.17) is 16.9 Å². The van der Waals surface area contributed by atoms with Crippen LogP contribution < -0.4 is 0 Å². The van der Waals surface area contributed by atoms with Crippen molar-refractivity contribution in [3.8, 4) is 17.3 Å². The van der Waals surface area contributed by atoms with Gasteiger partial charge in [0.15, 0.2) is 11.5 Å². The number of benzene rings is 2. The summed E-state index contributed by atoms with van der Waals surface area (Å²) in [5.41, 5.74) is 2.77. The molecule has 6 heteroatoms. The van der Waals surface area contributed by atoms with E-state index < -0.39 is 0 Å². The van der Waals surface area contributed by atoms with Gasteiger partial charge in [-0.05, 0) is 23.8 Å². The fourth-order valence-corrected chi connectivity index (χ4v) is 2.37. The highest BCUT2D eigenvalue weighted by Gasteiger charge is 2.13. The van der Waals surface area contributed by atoms with Gasteiger partial charge in [-0.25, -0.2) is 0 Å². The minimum Gasteiger partial charge on any atom is -0.294 e. The number of Topliss-reactive ketones (excluding diaryl/α,β-unsaturated/α-hetero) is 1. The first-order valence-electron chi connectivity index (χ1n) is 6.86. The van der Waals surface area contributed by atoms with E-state index >= 15 is 0 Å². The molecule has 0 radical (unpaired) electrons. The van der Waals surface area contributed by atoms with Crippen LogP contribution in [0.5, 0.6) is 0 Å². The van der Waals surface area contributed by atoms with Crippen LogP contribution in [0.25, 0.3) is 11.3 Å². The zero-order valence-corrected chi connectivity index (χ0v) is 12.7. The number of hydrogen-bond donors (Lipinski definition) is 1. The van der Waals surface area contributed by atoms with Crippen molar-refractivity contribution in [2.24, 2.45) is 0 Å².